The lowest BCUT2D eigenvalue weighted by molar-refractivity contribution is 0.0507. The molecular formula is C18H37IN4O3. The minimum atomic E-state index is -0.471. The van der Waals surface area contributed by atoms with Gasteiger partial charge in [0.25, 0.3) is 0 Å². The van der Waals surface area contributed by atoms with Crippen LogP contribution in [0.3, 0.4) is 0 Å². The maximum absolute atomic E-state index is 11.9. The van der Waals surface area contributed by atoms with Gasteiger partial charge in [-0.3, -0.25) is 4.99 Å². The molecule has 0 spiro atoms. The zero-order valence-corrected chi connectivity index (χ0v) is 19.3. The lowest BCUT2D eigenvalue weighted by Gasteiger charge is -2.23. The molecule has 1 fully saturated rings. The van der Waals surface area contributed by atoms with E-state index < -0.39 is 5.60 Å². The highest BCUT2D eigenvalue weighted by Crippen LogP contribution is 2.12. The highest BCUT2D eigenvalue weighted by molar-refractivity contribution is 14.0. The monoisotopic (exact) mass is 484 g/mol. The van der Waals surface area contributed by atoms with E-state index in [4.69, 9.17) is 14.5 Å². The summed E-state index contributed by atoms with van der Waals surface area (Å²) >= 11 is 0. The topological polar surface area (TPSA) is 75.2 Å². The van der Waals surface area contributed by atoms with Crippen molar-refractivity contribution in [2.24, 2.45) is 4.99 Å². The van der Waals surface area contributed by atoms with E-state index in [0.717, 1.165) is 64.4 Å². The zero-order valence-electron chi connectivity index (χ0n) is 17.0. The third kappa shape index (κ3) is 11.1. The minimum Gasteiger partial charge on any atom is -0.444 e. The molecule has 1 aliphatic rings. The average molecular weight is 484 g/mol. The number of rotatable bonds is 8. The number of alkyl carbamates (subject to hydrolysis) is 1. The average Bonchev–Trinajstić information content (AvgIpc) is 2.95. The van der Waals surface area contributed by atoms with E-state index in [9.17, 15) is 4.79 Å². The van der Waals surface area contributed by atoms with Crippen molar-refractivity contribution in [2.45, 2.75) is 65.0 Å². The molecule has 26 heavy (non-hydrogen) atoms. The number of halogens is 1. The normalized spacial score (nSPS) is 17.7. The number of unbranched alkanes of at least 4 members (excludes halogenated alkanes) is 2. The van der Waals surface area contributed by atoms with Gasteiger partial charge in [-0.25, -0.2) is 4.79 Å². The molecule has 7 nitrogen and oxygen atoms in total. The third-order valence-electron chi connectivity index (χ3n) is 3.81. The van der Waals surface area contributed by atoms with Crippen molar-refractivity contribution < 1.29 is 14.3 Å². The molecule has 1 saturated heterocycles. The molecule has 0 radical (unpaired) electrons. The van der Waals surface area contributed by atoms with Crippen molar-refractivity contribution in [3.63, 3.8) is 0 Å². The molecule has 1 heterocycles. The second-order valence-electron chi connectivity index (χ2n) is 7.37. The summed E-state index contributed by atoms with van der Waals surface area (Å²) in [5.41, 5.74) is -0.471. The molecule has 8 heteroatoms. The number of guanidine groups is 1. The number of methoxy groups -OCH3 is 1. The lowest BCUT2D eigenvalue weighted by Crippen LogP contribution is -2.44. The molecular weight excluding hydrogens is 447 g/mol. The number of carbonyl (C=O) groups is 1. The molecule has 0 saturated carbocycles. The van der Waals surface area contributed by atoms with Gasteiger partial charge in [0, 0.05) is 39.9 Å². The van der Waals surface area contributed by atoms with Crippen molar-refractivity contribution in [2.75, 3.05) is 39.9 Å². The molecule has 0 bridgehead atoms. The van der Waals surface area contributed by atoms with Gasteiger partial charge in [0.2, 0.25) is 0 Å². The number of ether oxygens (including phenoxy) is 2. The lowest BCUT2D eigenvalue weighted by atomic mass is 10.2. The van der Waals surface area contributed by atoms with Crippen LogP contribution in [0.25, 0.3) is 0 Å². The van der Waals surface area contributed by atoms with Gasteiger partial charge < -0.3 is 25.0 Å². The van der Waals surface area contributed by atoms with Crippen molar-refractivity contribution in [3.05, 3.63) is 0 Å². The summed E-state index contributed by atoms with van der Waals surface area (Å²) in [4.78, 5) is 18.8. The maximum atomic E-state index is 11.9. The van der Waals surface area contributed by atoms with Crippen molar-refractivity contribution in [1.82, 2.24) is 15.5 Å². The van der Waals surface area contributed by atoms with E-state index >= 15 is 0 Å². The maximum Gasteiger partial charge on any atom is 0.407 e. The van der Waals surface area contributed by atoms with Crippen LogP contribution in [-0.2, 0) is 9.47 Å². The predicted octanol–water partition coefficient (Wildman–Crippen LogP) is 2.99. The fourth-order valence-corrected chi connectivity index (χ4v) is 2.69. The molecule has 1 aliphatic heterocycles. The number of nitrogens with zero attached hydrogens (tertiary/aromatic N) is 2. The number of likely N-dealkylation sites (tertiary alicyclic amines) is 1. The fraction of sp³-hybridized carbons (Fsp3) is 0.889. The van der Waals surface area contributed by atoms with Crippen molar-refractivity contribution in [1.29, 1.82) is 0 Å². The summed E-state index contributed by atoms with van der Waals surface area (Å²) < 4.78 is 10.4. The Morgan fingerprint density at radius 3 is 2.62 bits per heavy atom. The molecule has 2 N–H and O–H groups in total. The number of aliphatic imine (C=N–C) groups is 1. The second kappa shape index (κ2) is 13.4. The first-order valence-electron chi connectivity index (χ1n) is 9.37. The SMILES string of the molecule is CCNC(=NCCCCCOC)N1CCC(NC(=O)OC(C)(C)C)C1.I. The Balaban J connectivity index is 0.00000625. The summed E-state index contributed by atoms with van der Waals surface area (Å²) in [6, 6.07) is 0.0976. The van der Waals surface area contributed by atoms with E-state index in [-0.39, 0.29) is 36.1 Å². The minimum absolute atomic E-state index is 0. The molecule has 0 aliphatic carbocycles. The highest BCUT2D eigenvalue weighted by Gasteiger charge is 2.27. The summed E-state index contributed by atoms with van der Waals surface area (Å²) in [5, 5.41) is 6.30. The number of hydrogen-bond donors (Lipinski definition) is 2. The van der Waals surface area contributed by atoms with E-state index in [0.29, 0.717) is 0 Å². The first-order chi connectivity index (χ1) is 11.9. The summed E-state index contributed by atoms with van der Waals surface area (Å²) in [5.74, 6) is 0.933. The van der Waals surface area contributed by atoms with E-state index in [1.165, 1.54) is 0 Å². The van der Waals surface area contributed by atoms with E-state index in [2.05, 4.69) is 22.5 Å². The van der Waals surface area contributed by atoms with Crippen LogP contribution in [0.1, 0.15) is 53.4 Å². The molecule has 154 valence electrons. The van der Waals surface area contributed by atoms with Crippen LogP contribution in [0.5, 0.6) is 0 Å². The highest BCUT2D eigenvalue weighted by atomic mass is 127. The van der Waals surface area contributed by atoms with Crippen LogP contribution in [0.4, 0.5) is 4.79 Å². The number of amides is 1. The molecule has 0 aromatic rings. The molecule has 1 atom stereocenters. The van der Waals surface area contributed by atoms with Gasteiger partial charge in [0.15, 0.2) is 5.96 Å². The molecule has 1 unspecified atom stereocenters. The second-order valence-corrected chi connectivity index (χ2v) is 7.37. The van der Waals surface area contributed by atoms with Gasteiger partial charge in [0.1, 0.15) is 5.60 Å². The van der Waals surface area contributed by atoms with Crippen LogP contribution < -0.4 is 10.6 Å². The fourth-order valence-electron chi connectivity index (χ4n) is 2.69. The van der Waals surface area contributed by atoms with Gasteiger partial charge in [0.05, 0.1) is 6.04 Å². The standard InChI is InChI=1S/C18H36N4O3.HI/c1-6-19-16(20-11-8-7-9-13-24-5)22-12-10-15(14-22)21-17(23)25-18(2,3)4;/h15H,6-14H2,1-5H3,(H,19,20)(H,21,23);1H. The number of hydrogen-bond acceptors (Lipinski definition) is 4. The summed E-state index contributed by atoms with van der Waals surface area (Å²) in [7, 11) is 1.73. The Kier molecular flexibility index (Phi) is 13.0. The smallest absolute Gasteiger partial charge is 0.407 e. The van der Waals surface area contributed by atoms with Crippen molar-refractivity contribution >= 4 is 36.0 Å². The Morgan fingerprint density at radius 1 is 1.27 bits per heavy atom. The first-order valence-corrected chi connectivity index (χ1v) is 9.37. The van der Waals surface area contributed by atoms with Crippen LogP contribution in [0, 0.1) is 0 Å². The van der Waals surface area contributed by atoms with Gasteiger partial charge >= 0.3 is 6.09 Å². The first kappa shape index (κ1) is 25.2. The molecule has 1 rings (SSSR count). The Morgan fingerprint density at radius 2 is 2.00 bits per heavy atom. The quantitative estimate of drug-likeness (QED) is 0.240. The van der Waals surface area contributed by atoms with Crippen LogP contribution in [0.2, 0.25) is 0 Å². The Labute approximate surface area is 175 Å². The predicted molar refractivity (Wildman–Crippen MR) is 116 cm³/mol. The van der Waals surface area contributed by atoms with Gasteiger partial charge in [-0.05, 0) is 53.4 Å². The third-order valence-corrected chi connectivity index (χ3v) is 3.81. The van der Waals surface area contributed by atoms with E-state index in [1.54, 1.807) is 7.11 Å². The van der Waals surface area contributed by atoms with Gasteiger partial charge in [-0.1, -0.05) is 0 Å². The molecule has 1 amide bonds. The number of carbonyl (C=O) groups excluding carboxylic acids is 1. The van der Waals surface area contributed by atoms with Crippen LogP contribution >= 0.6 is 24.0 Å². The van der Waals surface area contributed by atoms with Gasteiger partial charge in [-0.2, -0.15) is 0 Å². The van der Waals surface area contributed by atoms with Gasteiger partial charge in [-0.15, -0.1) is 24.0 Å². The van der Waals surface area contributed by atoms with Crippen LogP contribution in [-0.4, -0.2) is 68.5 Å². The number of nitrogens with one attached hydrogen (secondary N) is 2. The van der Waals surface area contributed by atoms with Crippen LogP contribution in [0.15, 0.2) is 4.99 Å². The summed E-state index contributed by atoms with van der Waals surface area (Å²) in [6.45, 7) is 11.8. The molecule has 0 aromatic carbocycles. The summed E-state index contributed by atoms with van der Waals surface area (Å²) in [6.07, 6.45) is 3.82. The Bertz CT molecular complexity index is 427. The molecule has 0 aromatic heterocycles. The Hall–Kier alpha value is -0.770. The zero-order chi connectivity index (χ0) is 18.7. The largest absolute Gasteiger partial charge is 0.444 e. The van der Waals surface area contributed by atoms with Crippen molar-refractivity contribution in [3.8, 4) is 0 Å². The van der Waals surface area contributed by atoms with E-state index in [1.807, 2.05) is 20.8 Å².